The zero-order valence-corrected chi connectivity index (χ0v) is 8.08. The van der Waals surface area contributed by atoms with E-state index in [-0.39, 0.29) is 0 Å². The fraction of sp³-hybridized carbons (Fsp3) is 0.462. The zero-order valence-electron chi connectivity index (χ0n) is 8.08. The first-order valence-corrected chi connectivity index (χ1v) is 5.31. The van der Waals surface area contributed by atoms with E-state index in [0.29, 0.717) is 0 Å². The predicted molar refractivity (Wildman–Crippen MR) is 56.4 cm³/mol. The summed E-state index contributed by atoms with van der Waals surface area (Å²) < 4.78 is 0. The van der Waals surface area contributed by atoms with Crippen molar-refractivity contribution in [1.82, 2.24) is 0 Å². The molecule has 0 bridgehead atoms. The topological polar surface area (TPSA) is 0 Å². The molecule has 0 unspecified atom stereocenters. The molecule has 1 aromatic carbocycles. The second-order valence-corrected chi connectivity index (χ2v) is 4.00. The van der Waals surface area contributed by atoms with Crippen molar-refractivity contribution in [3.05, 3.63) is 42.3 Å². The molecule has 0 spiro atoms. The van der Waals surface area contributed by atoms with Crippen molar-refractivity contribution in [1.29, 1.82) is 0 Å². The number of rotatable bonds is 2. The van der Waals surface area contributed by atoms with Gasteiger partial charge in [0, 0.05) is 0 Å². The van der Waals surface area contributed by atoms with Crippen molar-refractivity contribution in [2.45, 2.75) is 32.1 Å². The summed E-state index contributed by atoms with van der Waals surface area (Å²) in [6, 6.07) is 10.9. The minimum atomic E-state index is 0.937. The van der Waals surface area contributed by atoms with Crippen LogP contribution in [-0.4, -0.2) is 0 Å². The summed E-state index contributed by atoms with van der Waals surface area (Å²) in [5.41, 5.74) is 1.51. The van der Waals surface area contributed by atoms with Gasteiger partial charge >= 0.3 is 0 Å². The summed E-state index contributed by atoms with van der Waals surface area (Å²) in [6.45, 7) is 0. The zero-order chi connectivity index (χ0) is 8.93. The molecule has 1 aliphatic carbocycles. The minimum Gasteiger partial charge on any atom is -0.0622 e. The summed E-state index contributed by atoms with van der Waals surface area (Å²) in [5.74, 6) is 0.937. The minimum absolute atomic E-state index is 0.937. The Balaban J connectivity index is 1.90. The van der Waals surface area contributed by atoms with Gasteiger partial charge in [-0.05, 0) is 30.7 Å². The lowest BCUT2D eigenvalue weighted by atomic mass is 9.85. The molecule has 13 heavy (non-hydrogen) atoms. The van der Waals surface area contributed by atoms with E-state index in [2.05, 4.69) is 36.8 Å². The van der Waals surface area contributed by atoms with Gasteiger partial charge in [0.05, 0.1) is 19.3 Å². The van der Waals surface area contributed by atoms with Gasteiger partial charge in [-0.3, -0.25) is 0 Å². The van der Waals surface area contributed by atoms with Gasteiger partial charge < -0.3 is 0 Å². The summed E-state index contributed by atoms with van der Waals surface area (Å²) in [7, 11) is 0. The van der Waals surface area contributed by atoms with Gasteiger partial charge in [-0.25, -0.2) is 0 Å². The van der Waals surface area contributed by atoms with Crippen LogP contribution < -0.4 is 0 Å². The van der Waals surface area contributed by atoms with Crippen molar-refractivity contribution >= 4 is 0 Å². The van der Waals surface area contributed by atoms with Crippen LogP contribution in [0.4, 0.5) is 0 Å². The highest BCUT2D eigenvalue weighted by molar-refractivity contribution is 5.15. The monoisotopic (exact) mass is 173 g/mol. The van der Waals surface area contributed by atoms with Crippen molar-refractivity contribution in [2.75, 3.05) is 0 Å². The second kappa shape index (κ2) is 4.36. The maximum Gasteiger partial charge on any atom is 0.0878 e. The predicted octanol–water partition coefficient (Wildman–Crippen LogP) is 3.62. The Hall–Kier alpha value is -0.910. The summed E-state index contributed by atoms with van der Waals surface area (Å²) in [4.78, 5) is 0. The maximum absolute atomic E-state index is 2.43. The van der Waals surface area contributed by atoms with Crippen molar-refractivity contribution in [2.24, 2.45) is 5.92 Å². The first kappa shape index (κ1) is 8.68. The molecule has 1 saturated carbocycles. The van der Waals surface area contributed by atoms with Crippen LogP contribution in [0.1, 0.15) is 31.2 Å². The lowest BCUT2D eigenvalue weighted by Gasteiger charge is -2.16. The lowest BCUT2D eigenvalue weighted by Crippen LogP contribution is -2.09. The van der Waals surface area contributed by atoms with Crippen molar-refractivity contribution in [3.8, 4) is 0 Å². The quantitative estimate of drug-likeness (QED) is 0.599. The van der Waals surface area contributed by atoms with E-state index in [9.17, 15) is 0 Å². The Morgan fingerprint density at radius 1 is 1.08 bits per heavy atom. The Bertz CT molecular complexity index is 231. The van der Waals surface area contributed by atoms with Gasteiger partial charge in [0.25, 0.3) is 0 Å². The second-order valence-electron chi connectivity index (χ2n) is 4.00. The average molecular weight is 173 g/mol. The Morgan fingerprint density at radius 3 is 2.46 bits per heavy atom. The van der Waals surface area contributed by atoms with E-state index in [1.807, 2.05) is 0 Å². The summed E-state index contributed by atoms with van der Waals surface area (Å²) in [6.07, 6.45) is 9.18. The van der Waals surface area contributed by atoms with Crippen LogP contribution in [-0.2, 0) is 6.42 Å². The molecule has 0 nitrogen and oxygen atoms in total. The number of benzene rings is 1. The molecular weight excluding hydrogens is 156 g/mol. The first-order valence-electron chi connectivity index (χ1n) is 5.31. The Kier molecular flexibility index (Phi) is 2.91. The van der Waals surface area contributed by atoms with E-state index >= 15 is 0 Å². The Labute approximate surface area is 81.0 Å². The first-order chi connectivity index (χ1) is 6.45. The van der Waals surface area contributed by atoms with Gasteiger partial charge in [0.1, 0.15) is 0 Å². The molecule has 0 N–H and O–H groups in total. The molecule has 0 amide bonds. The molecule has 0 heteroatoms. The van der Waals surface area contributed by atoms with E-state index < -0.39 is 0 Å². The van der Waals surface area contributed by atoms with Crippen molar-refractivity contribution in [3.63, 3.8) is 0 Å². The SMILES string of the molecule is c1ccc(CC2CC[CH+]CC2)cc1. The highest BCUT2D eigenvalue weighted by Crippen LogP contribution is 2.25. The van der Waals surface area contributed by atoms with E-state index in [0.717, 1.165) is 5.92 Å². The van der Waals surface area contributed by atoms with E-state index in [1.54, 1.807) is 0 Å². The summed E-state index contributed by atoms with van der Waals surface area (Å²) >= 11 is 0. The van der Waals surface area contributed by atoms with Gasteiger partial charge in [-0.1, -0.05) is 30.3 Å². The summed E-state index contributed by atoms with van der Waals surface area (Å²) in [5, 5.41) is 0. The number of hydrogen-bond acceptors (Lipinski definition) is 0. The number of hydrogen-bond donors (Lipinski definition) is 0. The normalized spacial score (nSPS) is 18.2. The molecule has 0 aromatic heterocycles. The Morgan fingerprint density at radius 2 is 1.77 bits per heavy atom. The van der Waals surface area contributed by atoms with Gasteiger partial charge in [0.15, 0.2) is 0 Å². The average Bonchev–Trinajstić information content (AvgIpc) is 2.21. The standard InChI is InChI=1S/C13H17/c1-3-7-12(8-4-1)11-13-9-5-2-6-10-13/h1-4,7-8,13H,5-6,9-11H2/q+1. The van der Waals surface area contributed by atoms with Crippen LogP contribution in [0.25, 0.3) is 0 Å². The molecule has 2 rings (SSSR count). The highest BCUT2D eigenvalue weighted by atomic mass is 14.2. The van der Waals surface area contributed by atoms with Crippen LogP contribution in [0.3, 0.4) is 0 Å². The van der Waals surface area contributed by atoms with Crippen LogP contribution >= 0.6 is 0 Å². The van der Waals surface area contributed by atoms with Gasteiger partial charge in [0.2, 0.25) is 0 Å². The van der Waals surface area contributed by atoms with Crippen LogP contribution in [0, 0.1) is 12.3 Å². The molecule has 68 valence electrons. The fourth-order valence-corrected chi connectivity index (χ4v) is 2.15. The third-order valence-electron chi connectivity index (χ3n) is 2.93. The third kappa shape index (κ3) is 2.51. The molecule has 0 radical (unpaired) electrons. The van der Waals surface area contributed by atoms with Crippen LogP contribution in [0.2, 0.25) is 0 Å². The largest absolute Gasteiger partial charge is 0.0878 e. The van der Waals surface area contributed by atoms with E-state index in [4.69, 9.17) is 0 Å². The van der Waals surface area contributed by atoms with Crippen LogP contribution in [0.15, 0.2) is 30.3 Å². The van der Waals surface area contributed by atoms with Crippen molar-refractivity contribution < 1.29 is 0 Å². The molecule has 0 atom stereocenters. The molecular formula is C13H17+. The van der Waals surface area contributed by atoms with Crippen LogP contribution in [0.5, 0.6) is 0 Å². The molecule has 1 aliphatic rings. The third-order valence-corrected chi connectivity index (χ3v) is 2.93. The molecule has 0 saturated heterocycles. The van der Waals surface area contributed by atoms with Gasteiger partial charge in [-0.2, -0.15) is 0 Å². The molecule has 0 heterocycles. The molecule has 1 fully saturated rings. The lowest BCUT2D eigenvalue weighted by molar-refractivity contribution is 0.403. The smallest absolute Gasteiger partial charge is 0.0622 e. The van der Waals surface area contributed by atoms with Gasteiger partial charge in [-0.15, -0.1) is 0 Å². The fourth-order valence-electron chi connectivity index (χ4n) is 2.15. The molecule has 1 aromatic rings. The molecule has 0 aliphatic heterocycles. The van der Waals surface area contributed by atoms with E-state index in [1.165, 1.54) is 37.7 Å². The maximum atomic E-state index is 2.43. The highest BCUT2D eigenvalue weighted by Gasteiger charge is 2.18.